The van der Waals surface area contributed by atoms with Gasteiger partial charge in [-0.15, -0.1) is 11.3 Å². The summed E-state index contributed by atoms with van der Waals surface area (Å²) in [5.41, 5.74) is 1.85. The Kier molecular flexibility index (Phi) is 6.12. The summed E-state index contributed by atoms with van der Waals surface area (Å²) < 4.78 is 11.4. The van der Waals surface area contributed by atoms with Crippen LogP contribution in [0.4, 0.5) is 4.79 Å². The number of ketones is 1. The fourth-order valence-corrected chi connectivity index (χ4v) is 3.56. The number of thiazole rings is 1. The Hall–Kier alpha value is -3.00. The number of alkyl carbamates (subject to hydrolysis) is 1. The van der Waals surface area contributed by atoms with Crippen molar-refractivity contribution < 1.29 is 19.1 Å². The molecule has 0 atom stereocenters. The highest BCUT2D eigenvalue weighted by atomic mass is 32.1. The van der Waals surface area contributed by atoms with Crippen LogP contribution in [-0.2, 0) is 16.0 Å². The number of hydrogen-bond acceptors (Lipinski definition) is 7. The van der Waals surface area contributed by atoms with Crippen LogP contribution < -0.4 is 10.1 Å². The van der Waals surface area contributed by atoms with Crippen molar-refractivity contribution in [3.05, 3.63) is 42.2 Å². The van der Waals surface area contributed by atoms with Gasteiger partial charge in [-0.05, 0) is 44.5 Å². The highest BCUT2D eigenvalue weighted by Gasteiger charge is 2.17. The second-order valence-electron chi connectivity index (χ2n) is 7.51. The monoisotopic (exact) mass is 413 g/mol. The number of benzene rings is 1. The first kappa shape index (κ1) is 20.7. The number of rotatable bonds is 6. The molecule has 29 heavy (non-hydrogen) atoms. The van der Waals surface area contributed by atoms with Gasteiger partial charge in [0, 0.05) is 30.4 Å². The van der Waals surface area contributed by atoms with Crippen LogP contribution in [0.2, 0.25) is 0 Å². The van der Waals surface area contributed by atoms with Gasteiger partial charge in [0.05, 0.1) is 23.9 Å². The summed E-state index contributed by atoms with van der Waals surface area (Å²) in [6, 6.07) is 7.65. The van der Waals surface area contributed by atoms with Gasteiger partial charge in [0.25, 0.3) is 0 Å². The van der Waals surface area contributed by atoms with E-state index in [1.54, 1.807) is 51.6 Å². The fraction of sp³-hybridized carbons (Fsp3) is 0.333. The molecule has 0 aliphatic carbocycles. The molecule has 2 heterocycles. The quantitative estimate of drug-likeness (QED) is 0.657. The molecule has 1 amide bonds. The Morgan fingerprint density at radius 1 is 1.17 bits per heavy atom. The molecule has 152 valence electrons. The SMILES string of the molecule is COc1ccc2sc(-c3cncc(CC(=O)CNC(=O)OC(C)(C)C)c3)nc2c1. The standard InChI is InChI=1S/C21H23N3O4S/c1-21(2,3)28-20(26)23-12-15(25)8-13-7-14(11-22-10-13)19-24-17-9-16(27-4)5-6-18(17)29-19/h5-7,9-11H,8,12H2,1-4H3,(H,23,26). The summed E-state index contributed by atoms with van der Waals surface area (Å²) in [7, 11) is 1.62. The van der Waals surface area contributed by atoms with E-state index in [1.165, 1.54) is 0 Å². The van der Waals surface area contributed by atoms with E-state index >= 15 is 0 Å². The van der Waals surface area contributed by atoms with Gasteiger partial charge in [0.1, 0.15) is 16.4 Å². The minimum atomic E-state index is -0.609. The maximum atomic E-state index is 12.2. The molecule has 7 nitrogen and oxygen atoms in total. The fourth-order valence-electron chi connectivity index (χ4n) is 2.63. The summed E-state index contributed by atoms with van der Waals surface area (Å²) in [4.78, 5) is 32.8. The highest BCUT2D eigenvalue weighted by molar-refractivity contribution is 7.21. The molecule has 3 aromatic rings. The summed E-state index contributed by atoms with van der Waals surface area (Å²) in [5, 5.41) is 3.30. The van der Waals surface area contributed by atoms with Crippen LogP contribution in [0.25, 0.3) is 20.8 Å². The normalized spacial score (nSPS) is 11.3. The maximum Gasteiger partial charge on any atom is 0.408 e. The van der Waals surface area contributed by atoms with Crippen LogP contribution in [0.5, 0.6) is 5.75 Å². The number of carbonyl (C=O) groups is 2. The van der Waals surface area contributed by atoms with Gasteiger partial charge in [0.15, 0.2) is 5.78 Å². The van der Waals surface area contributed by atoms with Crippen LogP contribution in [0.15, 0.2) is 36.7 Å². The minimum absolute atomic E-state index is 0.0971. The van der Waals surface area contributed by atoms with E-state index in [9.17, 15) is 9.59 Å². The number of methoxy groups -OCH3 is 1. The van der Waals surface area contributed by atoms with E-state index in [1.807, 2.05) is 24.3 Å². The smallest absolute Gasteiger partial charge is 0.408 e. The molecule has 0 saturated heterocycles. The van der Waals surface area contributed by atoms with Crippen molar-refractivity contribution in [1.82, 2.24) is 15.3 Å². The molecular weight excluding hydrogens is 390 g/mol. The van der Waals surface area contributed by atoms with Crippen molar-refractivity contribution in [3.8, 4) is 16.3 Å². The molecule has 0 radical (unpaired) electrons. The lowest BCUT2D eigenvalue weighted by Gasteiger charge is -2.19. The zero-order valence-electron chi connectivity index (χ0n) is 16.8. The summed E-state index contributed by atoms with van der Waals surface area (Å²) in [5.74, 6) is 0.619. The number of hydrogen-bond donors (Lipinski definition) is 1. The van der Waals surface area contributed by atoms with Crippen molar-refractivity contribution >= 4 is 33.4 Å². The van der Waals surface area contributed by atoms with Gasteiger partial charge >= 0.3 is 6.09 Å². The van der Waals surface area contributed by atoms with E-state index in [0.717, 1.165) is 32.1 Å². The number of nitrogens with zero attached hydrogens (tertiary/aromatic N) is 2. The van der Waals surface area contributed by atoms with Crippen LogP contribution in [0.1, 0.15) is 26.3 Å². The minimum Gasteiger partial charge on any atom is -0.497 e. The van der Waals surface area contributed by atoms with E-state index in [2.05, 4.69) is 15.3 Å². The summed E-state index contributed by atoms with van der Waals surface area (Å²) in [6.45, 7) is 5.21. The van der Waals surface area contributed by atoms with E-state index in [4.69, 9.17) is 9.47 Å². The lowest BCUT2D eigenvalue weighted by molar-refractivity contribution is -0.117. The van der Waals surface area contributed by atoms with Crippen LogP contribution >= 0.6 is 11.3 Å². The number of pyridine rings is 1. The zero-order chi connectivity index (χ0) is 21.0. The number of amides is 1. The molecule has 1 N–H and O–H groups in total. The van der Waals surface area contributed by atoms with E-state index in [0.29, 0.717) is 0 Å². The molecule has 0 bridgehead atoms. The summed E-state index contributed by atoms with van der Waals surface area (Å²) >= 11 is 1.55. The third-order valence-corrected chi connectivity index (χ3v) is 4.95. The van der Waals surface area contributed by atoms with Gasteiger partial charge in [0.2, 0.25) is 0 Å². The van der Waals surface area contributed by atoms with Crippen LogP contribution in [0, 0.1) is 0 Å². The third kappa shape index (κ3) is 5.74. The van der Waals surface area contributed by atoms with Gasteiger partial charge in [-0.25, -0.2) is 9.78 Å². The Morgan fingerprint density at radius 3 is 2.69 bits per heavy atom. The topological polar surface area (TPSA) is 90.4 Å². The van der Waals surface area contributed by atoms with Crippen LogP contribution in [-0.4, -0.2) is 41.1 Å². The predicted octanol–water partition coefficient (Wildman–Crippen LogP) is 4.00. The number of Topliss-reactive ketones (excluding diaryl/α,β-unsaturated/α-hetero) is 1. The molecule has 3 rings (SSSR count). The van der Waals surface area contributed by atoms with E-state index < -0.39 is 11.7 Å². The van der Waals surface area contributed by atoms with Gasteiger partial charge < -0.3 is 14.8 Å². The molecule has 0 aliphatic rings. The molecule has 0 spiro atoms. The number of carbonyl (C=O) groups excluding carboxylic acids is 2. The first-order valence-electron chi connectivity index (χ1n) is 9.11. The van der Waals surface area contributed by atoms with Gasteiger partial charge in [-0.3, -0.25) is 9.78 Å². The first-order chi connectivity index (χ1) is 13.7. The lowest BCUT2D eigenvalue weighted by atomic mass is 10.1. The number of aromatic nitrogens is 2. The Balaban J connectivity index is 1.66. The molecule has 0 fully saturated rings. The van der Waals surface area contributed by atoms with Crippen molar-refractivity contribution in [1.29, 1.82) is 0 Å². The highest BCUT2D eigenvalue weighted by Crippen LogP contribution is 2.32. The Morgan fingerprint density at radius 2 is 1.97 bits per heavy atom. The third-order valence-electron chi connectivity index (χ3n) is 3.87. The number of nitrogens with one attached hydrogen (secondary N) is 1. The van der Waals surface area contributed by atoms with Crippen molar-refractivity contribution in [2.24, 2.45) is 0 Å². The Labute approximate surface area is 173 Å². The van der Waals surface area contributed by atoms with Crippen molar-refractivity contribution in [2.75, 3.05) is 13.7 Å². The second-order valence-corrected chi connectivity index (χ2v) is 8.54. The lowest BCUT2D eigenvalue weighted by Crippen LogP contribution is -2.35. The zero-order valence-corrected chi connectivity index (χ0v) is 17.6. The molecule has 1 aromatic carbocycles. The largest absolute Gasteiger partial charge is 0.497 e. The Bertz CT molecular complexity index is 1040. The molecular formula is C21H23N3O4S. The molecule has 8 heteroatoms. The summed E-state index contributed by atoms with van der Waals surface area (Å²) in [6.07, 6.45) is 2.92. The van der Waals surface area contributed by atoms with Crippen molar-refractivity contribution in [3.63, 3.8) is 0 Å². The maximum absolute atomic E-state index is 12.2. The first-order valence-corrected chi connectivity index (χ1v) is 9.92. The van der Waals surface area contributed by atoms with Crippen molar-refractivity contribution in [2.45, 2.75) is 32.8 Å². The number of ether oxygens (including phenoxy) is 2. The average Bonchev–Trinajstić information content (AvgIpc) is 3.08. The predicted molar refractivity (Wildman–Crippen MR) is 112 cm³/mol. The van der Waals surface area contributed by atoms with E-state index in [-0.39, 0.29) is 18.7 Å². The molecule has 0 aliphatic heterocycles. The molecule has 2 aromatic heterocycles. The van der Waals surface area contributed by atoms with Crippen LogP contribution in [0.3, 0.4) is 0 Å². The van der Waals surface area contributed by atoms with Gasteiger partial charge in [-0.1, -0.05) is 0 Å². The average molecular weight is 413 g/mol. The number of fused-ring (bicyclic) bond motifs is 1. The molecule has 0 unspecified atom stereocenters. The molecule has 0 saturated carbocycles. The van der Waals surface area contributed by atoms with Gasteiger partial charge in [-0.2, -0.15) is 0 Å². The second kappa shape index (κ2) is 8.57.